The number of carbonyl (C=O) groups excluding carboxylic acids is 2. The van der Waals surface area contributed by atoms with Crippen LogP contribution in [0.3, 0.4) is 0 Å². The van der Waals surface area contributed by atoms with Crippen molar-refractivity contribution >= 4 is 19.8 Å². The molecule has 0 spiro atoms. The minimum Gasteiger partial charge on any atom is -0.465 e. The predicted molar refractivity (Wildman–Crippen MR) is 246 cm³/mol. The fourth-order valence-corrected chi connectivity index (χ4v) is 9.75. The summed E-state index contributed by atoms with van der Waals surface area (Å²) < 4.78 is 11.5. The minimum absolute atomic E-state index is 0.210. The highest BCUT2D eigenvalue weighted by Gasteiger charge is 2.42. The molecule has 10 heteroatoms. The van der Waals surface area contributed by atoms with E-state index in [-0.39, 0.29) is 19.0 Å². The summed E-state index contributed by atoms with van der Waals surface area (Å²) in [5, 5.41) is 42.9. The molecule has 2 aliphatic carbocycles. The second kappa shape index (κ2) is 34.2. The van der Waals surface area contributed by atoms with Crippen LogP contribution in [-0.4, -0.2) is 95.9 Å². The number of rotatable bonds is 38. The van der Waals surface area contributed by atoms with Crippen LogP contribution in [0.5, 0.6) is 0 Å². The lowest BCUT2D eigenvalue weighted by Gasteiger charge is -2.35. The van der Waals surface area contributed by atoms with Gasteiger partial charge in [0.15, 0.2) is 5.79 Å². The van der Waals surface area contributed by atoms with E-state index < -0.39 is 29.1 Å². The van der Waals surface area contributed by atoms with Gasteiger partial charge in [0, 0.05) is 18.5 Å². The molecule has 0 aromatic carbocycles. The summed E-state index contributed by atoms with van der Waals surface area (Å²) in [6.45, 7) is 8.19. The van der Waals surface area contributed by atoms with Crippen molar-refractivity contribution in [3.05, 3.63) is 0 Å². The molecule has 4 N–H and O–H groups in total. The maximum atomic E-state index is 13.4. The van der Waals surface area contributed by atoms with Crippen LogP contribution < -0.4 is 0 Å². The number of hydrogen-bond donors (Lipinski definition) is 4. The summed E-state index contributed by atoms with van der Waals surface area (Å²) in [7, 11) is 6.49. The van der Waals surface area contributed by atoms with Crippen LogP contribution in [0.2, 0.25) is 0 Å². The molecule has 0 aliphatic heterocycles. The second-order valence-corrected chi connectivity index (χ2v) is 19.2. The highest BCUT2D eigenvalue weighted by molar-refractivity contribution is 6.16. The molecule has 9 nitrogen and oxygen atoms in total. The average Bonchev–Trinajstić information content (AvgIpc) is 3.24. The van der Waals surface area contributed by atoms with Crippen LogP contribution in [0.4, 0.5) is 0 Å². The zero-order chi connectivity index (χ0) is 43.7. The lowest BCUT2D eigenvalue weighted by molar-refractivity contribution is -0.220. The first kappa shape index (κ1) is 54.9. The molecule has 3 unspecified atom stereocenters. The van der Waals surface area contributed by atoms with Gasteiger partial charge in [0.05, 0.1) is 19.1 Å². The van der Waals surface area contributed by atoms with Crippen molar-refractivity contribution in [3.8, 4) is 0 Å². The SMILES string of the molecule is [B]C(O)(CCCCCCC)C(CC1CCCCC1)C(=O)OCCCCCCN(CCCCO)CCCCCCOC(=O)C(CC1CCCCC1)C(O)(O)CCCCCCC. The molecule has 60 heavy (non-hydrogen) atoms. The molecule has 0 amide bonds. The van der Waals surface area contributed by atoms with Gasteiger partial charge >= 0.3 is 11.9 Å². The summed E-state index contributed by atoms with van der Waals surface area (Å²) in [5.41, 5.74) is -1.52. The number of hydrogen-bond acceptors (Lipinski definition) is 9. The van der Waals surface area contributed by atoms with E-state index in [2.05, 4.69) is 18.7 Å². The van der Waals surface area contributed by atoms with Gasteiger partial charge in [-0.3, -0.25) is 9.59 Å². The third-order valence-corrected chi connectivity index (χ3v) is 13.8. The second-order valence-electron chi connectivity index (χ2n) is 19.2. The van der Waals surface area contributed by atoms with Gasteiger partial charge in [-0.2, -0.15) is 0 Å². The quantitative estimate of drug-likeness (QED) is 0.0207. The summed E-state index contributed by atoms with van der Waals surface area (Å²) in [6, 6.07) is 0. The molecule has 0 aromatic rings. The van der Waals surface area contributed by atoms with Gasteiger partial charge in [-0.05, 0) is 95.7 Å². The smallest absolute Gasteiger partial charge is 0.314 e. The third kappa shape index (κ3) is 25.2. The van der Waals surface area contributed by atoms with Gasteiger partial charge in [0.1, 0.15) is 13.8 Å². The molecule has 2 radical (unpaired) electrons. The normalized spacial score (nSPS) is 17.7. The van der Waals surface area contributed by atoms with E-state index in [9.17, 15) is 30.0 Å². The predicted octanol–water partition coefficient (Wildman–Crippen LogP) is 10.7. The number of unbranched alkanes of at least 4 members (excludes halogenated alkanes) is 15. The molecule has 0 heterocycles. The molecular weight excluding hydrogens is 753 g/mol. The van der Waals surface area contributed by atoms with Gasteiger partial charge in [-0.15, -0.1) is 0 Å². The molecule has 0 aromatic heterocycles. The van der Waals surface area contributed by atoms with Crippen LogP contribution in [0, 0.1) is 23.7 Å². The molecule has 0 saturated heterocycles. The standard InChI is InChI=1S/C50H94BNO8/c1-3-5-7-9-21-33-49(51,56)45(41-43-29-17-15-18-30-43)47(54)59-39-27-13-11-23-35-52(37-25-26-38-53)36-24-12-14-28-40-60-48(55)46(42-44-31-19-16-20-32-44)50(57,58)34-22-10-8-6-4-2/h43-46,53,56-58H,3-42H2,1-2H3. The van der Waals surface area contributed by atoms with Gasteiger partial charge in [-0.1, -0.05) is 162 Å². The third-order valence-electron chi connectivity index (χ3n) is 13.8. The van der Waals surface area contributed by atoms with Gasteiger partial charge in [0.25, 0.3) is 0 Å². The van der Waals surface area contributed by atoms with Crippen molar-refractivity contribution in [2.24, 2.45) is 23.7 Å². The van der Waals surface area contributed by atoms with E-state index in [0.717, 1.165) is 174 Å². The lowest BCUT2D eigenvalue weighted by atomic mass is 9.64. The van der Waals surface area contributed by atoms with Gasteiger partial charge in [-0.25, -0.2) is 0 Å². The molecule has 2 saturated carbocycles. The Morgan fingerprint density at radius 1 is 0.550 bits per heavy atom. The Morgan fingerprint density at radius 2 is 0.950 bits per heavy atom. The fraction of sp³-hybridized carbons (Fsp3) is 0.960. The first-order valence-corrected chi connectivity index (χ1v) is 25.7. The van der Waals surface area contributed by atoms with Crippen molar-refractivity contribution in [1.82, 2.24) is 4.90 Å². The zero-order valence-electron chi connectivity index (χ0n) is 39.0. The maximum Gasteiger partial charge on any atom is 0.314 e. The summed E-state index contributed by atoms with van der Waals surface area (Å²) in [6.07, 6.45) is 33.0. The van der Waals surface area contributed by atoms with Gasteiger partial charge in [0.2, 0.25) is 0 Å². The van der Waals surface area contributed by atoms with Crippen molar-refractivity contribution < 1.29 is 39.5 Å². The van der Waals surface area contributed by atoms with E-state index in [0.29, 0.717) is 50.7 Å². The molecule has 0 bridgehead atoms. The fourth-order valence-electron chi connectivity index (χ4n) is 9.75. The highest BCUT2D eigenvalue weighted by atomic mass is 16.5. The Bertz CT molecular complexity index is 971. The Hall–Kier alpha value is -1.20. The van der Waals surface area contributed by atoms with Crippen LogP contribution in [0.1, 0.15) is 232 Å². The molecule has 2 rings (SSSR count). The van der Waals surface area contributed by atoms with Crippen molar-refractivity contribution in [2.75, 3.05) is 39.5 Å². The van der Waals surface area contributed by atoms with E-state index >= 15 is 0 Å². The summed E-state index contributed by atoms with van der Waals surface area (Å²) in [4.78, 5) is 29.2. The van der Waals surface area contributed by atoms with Crippen LogP contribution in [0.15, 0.2) is 0 Å². The average molecular weight is 848 g/mol. The van der Waals surface area contributed by atoms with E-state index in [1.165, 1.54) is 32.1 Å². The number of aliphatic hydroxyl groups excluding tert-OH is 1. The Labute approximate surface area is 369 Å². The van der Waals surface area contributed by atoms with Crippen LogP contribution >= 0.6 is 0 Å². The Kier molecular flexibility index (Phi) is 31.4. The number of aliphatic hydroxyl groups is 4. The minimum atomic E-state index is -2.02. The molecular formula is C50H94BNO8. The van der Waals surface area contributed by atoms with E-state index in [1.54, 1.807) is 0 Å². The highest BCUT2D eigenvalue weighted by Crippen LogP contribution is 2.36. The van der Waals surface area contributed by atoms with Crippen molar-refractivity contribution in [3.63, 3.8) is 0 Å². The first-order valence-electron chi connectivity index (χ1n) is 25.7. The molecule has 3 atom stereocenters. The van der Waals surface area contributed by atoms with E-state index in [1.807, 2.05) is 0 Å². The van der Waals surface area contributed by atoms with Crippen LogP contribution in [-0.2, 0) is 19.1 Å². The largest absolute Gasteiger partial charge is 0.465 e. The van der Waals surface area contributed by atoms with E-state index in [4.69, 9.17) is 17.3 Å². The topological polar surface area (TPSA) is 137 Å². The number of ether oxygens (including phenoxy) is 2. The van der Waals surface area contributed by atoms with Crippen molar-refractivity contribution in [2.45, 2.75) is 243 Å². The molecule has 2 fully saturated rings. The molecule has 2 aliphatic rings. The lowest BCUT2D eigenvalue weighted by Crippen LogP contribution is -2.45. The van der Waals surface area contributed by atoms with Crippen molar-refractivity contribution in [1.29, 1.82) is 0 Å². The number of carbonyl (C=O) groups is 2. The first-order chi connectivity index (χ1) is 29.0. The maximum absolute atomic E-state index is 13.4. The summed E-state index contributed by atoms with van der Waals surface area (Å²) in [5.74, 6) is -3.56. The van der Waals surface area contributed by atoms with Gasteiger partial charge < -0.3 is 34.8 Å². The number of nitrogens with zero attached hydrogens (tertiary/aromatic N) is 1. The monoisotopic (exact) mass is 848 g/mol. The Balaban J connectivity index is 1.71. The number of esters is 2. The summed E-state index contributed by atoms with van der Waals surface area (Å²) >= 11 is 0. The zero-order valence-corrected chi connectivity index (χ0v) is 39.0. The van der Waals surface area contributed by atoms with Crippen LogP contribution in [0.25, 0.3) is 0 Å². The molecule has 350 valence electrons. The Morgan fingerprint density at radius 3 is 1.43 bits per heavy atom.